The monoisotopic (exact) mass is 671 g/mol. The molecule has 0 aliphatic heterocycles. The summed E-state index contributed by atoms with van der Waals surface area (Å²) in [6.45, 7) is 5.47. The molecule has 5 rings (SSSR count). The molecule has 0 bridgehead atoms. The van der Waals surface area contributed by atoms with E-state index >= 15 is 0 Å². The van der Waals surface area contributed by atoms with Crippen molar-refractivity contribution in [3.8, 4) is 5.75 Å². The summed E-state index contributed by atoms with van der Waals surface area (Å²) in [6.07, 6.45) is 6.23. The van der Waals surface area contributed by atoms with Crippen LogP contribution >= 0.6 is 23.2 Å². The fourth-order valence-corrected chi connectivity index (χ4v) is 9.16. The fraction of sp³-hybridized carbons (Fsp3) is 0.595. The van der Waals surface area contributed by atoms with E-state index in [2.05, 4.69) is 30.0 Å². The Balaban J connectivity index is 1.18. The predicted molar refractivity (Wildman–Crippen MR) is 181 cm³/mol. The molecule has 2 fully saturated rings. The highest BCUT2D eigenvalue weighted by Crippen LogP contribution is 2.64. The molecule has 7 nitrogen and oxygen atoms in total. The lowest BCUT2D eigenvalue weighted by Gasteiger charge is -2.51. The van der Waals surface area contributed by atoms with E-state index in [0.717, 1.165) is 62.9 Å². The van der Waals surface area contributed by atoms with E-state index in [-0.39, 0.29) is 23.7 Å². The smallest absolute Gasteiger partial charge is 0.345 e. The molecular weight excluding hydrogens is 625 g/mol. The van der Waals surface area contributed by atoms with Crippen molar-refractivity contribution in [3.63, 3.8) is 0 Å². The van der Waals surface area contributed by atoms with Crippen molar-refractivity contribution in [3.05, 3.63) is 59.2 Å². The van der Waals surface area contributed by atoms with Gasteiger partial charge in [0.2, 0.25) is 6.10 Å². The summed E-state index contributed by atoms with van der Waals surface area (Å²) in [5, 5.41) is 10.3. The molecule has 3 aliphatic rings. The van der Waals surface area contributed by atoms with E-state index in [0.29, 0.717) is 54.5 Å². The number of rotatable bonds is 14. The lowest BCUT2D eigenvalue weighted by Crippen LogP contribution is -2.47. The van der Waals surface area contributed by atoms with Crippen LogP contribution in [-0.4, -0.2) is 54.0 Å². The van der Waals surface area contributed by atoms with Crippen molar-refractivity contribution in [2.75, 3.05) is 29.7 Å². The minimum Gasteiger partial charge on any atom is -0.478 e. The van der Waals surface area contributed by atoms with Gasteiger partial charge in [-0.3, -0.25) is 9.59 Å². The quantitative estimate of drug-likeness (QED) is 0.125. The van der Waals surface area contributed by atoms with Gasteiger partial charge >= 0.3 is 17.9 Å². The third-order valence-electron chi connectivity index (χ3n) is 11.0. The maximum Gasteiger partial charge on any atom is 0.345 e. The number of carbonyl (C=O) groups excluding carboxylic acids is 2. The average Bonchev–Trinajstić information content (AvgIpc) is 3.40. The van der Waals surface area contributed by atoms with Gasteiger partial charge in [-0.15, -0.1) is 23.2 Å². The minimum absolute atomic E-state index is 0.181. The molecule has 2 unspecified atom stereocenters. The highest BCUT2D eigenvalue weighted by molar-refractivity contribution is 6.18. The summed E-state index contributed by atoms with van der Waals surface area (Å²) < 4.78 is 11.3. The first-order chi connectivity index (χ1) is 22.2. The van der Waals surface area contributed by atoms with Crippen LogP contribution in [0.5, 0.6) is 5.75 Å². The Morgan fingerprint density at radius 1 is 1.00 bits per heavy atom. The zero-order valence-corrected chi connectivity index (χ0v) is 28.5. The number of ether oxygens (including phenoxy) is 2. The Labute approximate surface area is 282 Å². The normalized spacial score (nSPS) is 25.5. The average molecular weight is 673 g/mol. The van der Waals surface area contributed by atoms with Gasteiger partial charge in [0.15, 0.2) is 0 Å². The molecule has 3 aliphatic carbocycles. The molecule has 2 aromatic rings. The number of carboxylic acids is 1. The first kappa shape index (κ1) is 34.6. The van der Waals surface area contributed by atoms with Crippen molar-refractivity contribution in [2.24, 2.45) is 23.2 Å². The molecule has 0 amide bonds. The van der Waals surface area contributed by atoms with Gasteiger partial charge in [-0.2, -0.15) is 0 Å². The van der Waals surface area contributed by atoms with E-state index in [1.54, 1.807) is 6.92 Å². The van der Waals surface area contributed by atoms with Gasteiger partial charge in [-0.05, 0) is 115 Å². The van der Waals surface area contributed by atoms with Crippen LogP contribution in [0.25, 0.3) is 0 Å². The SMILES string of the molecule is CCC(=O)Oc1ccc2c(c1)CC[C@@H]1[C@@H]2CC[C@]2(C)C(C(OC(=O)CCCc3ccc(N(CCCl)CCCl)cc3)C(=O)O)CC[C@@H]12. The molecule has 0 saturated heterocycles. The molecule has 250 valence electrons. The Hall–Kier alpha value is -2.77. The van der Waals surface area contributed by atoms with Crippen LogP contribution in [0, 0.1) is 23.2 Å². The second-order valence-electron chi connectivity index (χ2n) is 13.5. The van der Waals surface area contributed by atoms with Crippen LogP contribution in [0.15, 0.2) is 42.5 Å². The molecule has 0 radical (unpaired) electrons. The van der Waals surface area contributed by atoms with Gasteiger partial charge in [0.1, 0.15) is 5.75 Å². The molecule has 1 N–H and O–H groups in total. The number of carbonyl (C=O) groups is 3. The summed E-state index contributed by atoms with van der Waals surface area (Å²) in [5.74, 6) is 1.02. The highest BCUT2D eigenvalue weighted by atomic mass is 35.5. The van der Waals surface area contributed by atoms with E-state index in [4.69, 9.17) is 32.7 Å². The van der Waals surface area contributed by atoms with E-state index < -0.39 is 18.0 Å². The molecule has 6 atom stereocenters. The third-order valence-corrected chi connectivity index (χ3v) is 11.4. The molecule has 0 heterocycles. The van der Waals surface area contributed by atoms with Crippen LogP contribution in [0.4, 0.5) is 5.69 Å². The lowest BCUT2D eigenvalue weighted by atomic mass is 9.53. The number of hydrogen-bond acceptors (Lipinski definition) is 6. The Bertz CT molecular complexity index is 1380. The number of halogens is 2. The Morgan fingerprint density at radius 2 is 1.74 bits per heavy atom. The summed E-state index contributed by atoms with van der Waals surface area (Å²) in [6, 6.07) is 14.3. The highest BCUT2D eigenvalue weighted by Gasteiger charge is 2.58. The number of esters is 2. The van der Waals surface area contributed by atoms with Crippen LogP contribution < -0.4 is 9.64 Å². The fourth-order valence-electron chi connectivity index (χ4n) is 8.75. The van der Waals surface area contributed by atoms with Crippen molar-refractivity contribution in [1.29, 1.82) is 0 Å². The van der Waals surface area contributed by atoms with Gasteiger partial charge in [0.25, 0.3) is 0 Å². The van der Waals surface area contributed by atoms with Crippen LogP contribution in [0.2, 0.25) is 0 Å². The number of aliphatic carboxylic acids is 1. The predicted octanol–water partition coefficient (Wildman–Crippen LogP) is 7.78. The lowest BCUT2D eigenvalue weighted by molar-refractivity contribution is -0.172. The molecule has 0 spiro atoms. The van der Waals surface area contributed by atoms with Crippen molar-refractivity contribution >= 4 is 46.8 Å². The van der Waals surface area contributed by atoms with Gasteiger partial charge < -0.3 is 19.5 Å². The number of carboxylic acid groups (broad SMARTS) is 1. The number of anilines is 1. The maximum absolute atomic E-state index is 13.0. The van der Waals surface area contributed by atoms with Gasteiger partial charge in [0.05, 0.1) is 0 Å². The zero-order valence-electron chi connectivity index (χ0n) is 27.0. The van der Waals surface area contributed by atoms with Gasteiger partial charge in [0, 0.05) is 49.3 Å². The Morgan fingerprint density at radius 3 is 2.41 bits per heavy atom. The second-order valence-corrected chi connectivity index (χ2v) is 14.2. The largest absolute Gasteiger partial charge is 0.478 e. The third kappa shape index (κ3) is 7.52. The second kappa shape index (κ2) is 15.4. The molecule has 46 heavy (non-hydrogen) atoms. The van der Waals surface area contributed by atoms with Gasteiger partial charge in [-0.25, -0.2) is 4.79 Å². The number of hydrogen-bond donors (Lipinski definition) is 1. The summed E-state index contributed by atoms with van der Waals surface area (Å²) in [5.41, 5.74) is 4.58. The van der Waals surface area contributed by atoms with Crippen LogP contribution in [-0.2, 0) is 32.0 Å². The number of benzene rings is 2. The zero-order chi connectivity index (χ0) is 32.8. The standard InChI is InChI=1S/C37H47Cl2NO6/c1-3-33(41)45-27-12-14-28-25(23-27)9-13-30-29(28)17-18-37(2)31(30)15-16-32(37)35(36(43)44)46-34(42)6-4-5-24-7-10-26(11-8-24)40(21-19-38)22-20-39/h7-8,10-12,14,23,29-32,35H,3-6,9,13,15-22H2,1-2H3,(H,43,44)/t29-,30-,31+,32?,35?,37+/m1/s1. The molecule has 2 saturated carbocycles. The number of alkyl halides is 2. The van der Waals surface area contributed by atoms with E-state index in [1.807, 2.05) is 24.3 Å². The topological polar surface area (TPSA) is 93.1 Å². The molecule has 0 aromatic heterocycles. The van der Waals surface area contributed by atoms with Crippen LogP contribution in [0.3, 0.4) is 0 Å². The van der Waals surface area contributed by atoms with Crippen molar-refractivity contribution in [1.82, 2.24) is 0 Å². The van der Waals surface area contributed by atoms with E-state index in [1.165, 1.54) is 11.1 Å². The minimum atomic E-state index is -1.13. The Kier molecular flexibility index (Phi) is 11.6. The van der Waals surface area contributed by atoms with Crippen LogP contribution in [0.1, 0.15) is 87.8 Å². The molecule has 2 aromatic carbocycles. The van der Waals surface area contributed by atoms with Crippen molar-refractivity contribution in [2.45, 2.75) is 90.1 Å². The maximum atomic E-state index is 13.0. The first-order valence-corrected chi connectivity index (χ1v) is 18.0. The number of aryl methyl sites for hydroxylation is 2. The molecule has 9 heteroatoms. The molecular formula is C37H47Cl2NO6. The summed E-state index contributed by atoms with van der Waals surface area (Å²) in [7, 11) is 0. The number of fused-ring (bicyclic) bond motifs is 5. The van der Waals surface area contributed by atoms with E-state index in [9.17, 15) is 19.5 Å². The summed E-state index contributed by atoms with van der Waals surface area (Å²) >= 11 is 11.9. The first-order valence-electron chi connectivity index (χ1n) is 16.9. The summed E-state index contributed by atoms with van der Waals surface area (Å²) in [4.78, 5) is 39.5. The van der Waals surface area contributed by atoms with Gasteiger partial charge in [-0.1, -0.05) is 32.0 Å². The van der Waals surface area contributed by atoms with Crippen molar-refractivity contribution < 1.29 is 29.0 Å². The number of nitrogens with zero attached hydrogens (tertiary/aromatic N) is 1.